The molecule has 2 N–H and O–H groups in total. The lowest BCUT2D eigenvalue weighted by Gasteiger charge is -2.08. The third-order valence-electron chi connectivity index (χ3n) is 2.43. The molecule has 1 heterocycles. The van der Waals surface area contributed by atoms with Crippen LogP contribution in [0.4, 0.5) is 11.4 Å². The summed E-state index contributed by atoms with van der Waals surface area (Å²) < 4.78 is 25.4. The van der Waals surface area contributed by atoms with Gasteiger partial charge in [0.1, 0.15) is 4.60 Å². The number of rotatable bonds is 5. The molecule has 1 aromatic heterocycles. The molecule has 0 saturated heterocycles. The third kappa shape index (κ3) is 4.82. The van der Waals surface area contributed by atoms with Gasteiger partial charge in [-0.25, -0.2) is 13.4 Å². The number of halogens is 1. The van der Waals surface area contributed by atoms with Crippen molar-refractivity contribution in [2.24, 2.45) is 0 Å². The molecule has 0 radical (unpaired) electrons. The van der Waals surface area contributed by atoms with E-state index in [1.165, 1.54) is 0 Å². The average Bonchev–Trinajstić information content (AvgIpc) is 2.36. The third-order valence-corrected chi connectivity index (χ3v) is 3.48. The van der Waals surface area contributed by atoms with Crippen molar-refractivity contribution in [3.8, 4) is 0 Å². The van der Waals surface area contributed by atoms with E-state index in [-0.39, 0.29) is 0 Å². The van der Waals surface area contributed by atoms with E-state index in [4.69, 9.17) is 0 Å². The molecular weight excluding hydrogens is 342 g/mol. The molecule has 2 aromatic rings. The summed E-state index contributed by atoms with van der Waals surface area (Å²) in [4.78, 5) is 4.32. The number of aromatic nitrogens is 1. The zero-order chi connectivity index (χ0) is 14.6. The zero-order valence-electron chi connectivity index (χ0n) is 10.8. The van der Waals surface area contributed by atoms with Crippen LogP contribution in [-0.4, -0.2) is 19.7 Å². The predicted molar refractivity (Wildman–Crippen MR) is 84.2 cm³/mol. The van der Waals surface area contributed by atoms with Crippen molar-refractivity contribution in [3.05, 3.63) is 52.8 Å². The molecule has 0 amide bonds. The largest absolute Gasteiger partial charge is 0.379 e. The quantitative estimate of drug-likeness (QED) is 0.809. The molecular formula is C13H14BrN3O2S. The second kappa shape index (κ2) is 6.23. The van der Waals surface area contributed by atoms with E-state index in [9.17, 15) is 8.42 Å². The van der Waals surface area contributed by atoms with Crippen molar-refractivity contribution in [2.75, 3.05) is 16.3 Å². The van der Waals surface area contributed by atoms with E-state index >= 15 is 0 Å². The number of nitrogens with zero attached hydrogens (tertiary/aromatic N) is 1. The summed E-state index contributed by atoms with van der Waals surface area (Å²) in [5.74, 6) is 0. The van der Waals surface area contributed by atoms with Crippen LogP contribution in [-0.2, 0) is 16.6 Å². The summed E-state index contributed by atoms with van der Waals surface area (Å²) >= 11 is 3.32. The van der Waals surface area contributed by atoms with Gasteiger partial charge in [-0.15, -0.1) is 0 Å². The maximum Gasteiger partial charge on any atom is 0.229 e. The van der Waals surface area contributed by atoms with Crippen molar-refractivity contribution in [3.63, 3.8) is 0 Å². The van der Waals surface area contributed by atoms with Crippen LogP contribution in [0.15, 0.2) is 47.1 Å². The second-order valence-corrected chi connectivity index (χ2v) is 6.82. The van der Waals surface area contributed by atoms with Gasteiger partial charge >= 0.3 is 0 Å². The van der Waals surface area contributed by atoms with Gasteiger partial charge in [0, 0.05) is 11.4 Å². The highest BCUT2D eigenvalue weighted by molar-refractivity contribution is 9.10. The minimum absolute atomic E-state index is 0.540. The van der Waals surface area contributed by atoms with E-state index in [1.54, 1.807) is 12.1 Å². The maximum absolute atomic E-state index is 11.1. The minimum Gasteiger partial charge on any atom is -0.379 e. The average molecular weight is 356 g/mol. The van der Waals surface area contributed by atoms with Crippen molar-refractivity contribution >= 4 is 37.3 Å². The molecule has 7 heteroatoms. The highest BCUT2D eigenvalue weighted by Gasteiger charge is 2.01. The van der Waals surface area contributed by atoms with E-state index in [2.05, 4.69) is 31.0 Å². The molecule has 0 aliphatic rings. The fraction of sp³-hybridized carbons (Fsp3) is 0.154. The smallest absolute Gasteiger partial charge is 0.229 e. The Morgan fingerprint density at radius 3 is 2.35 bits per heavy atom. The van der Waals surface area contributed by atoms with Gasteiger partial charge in [0.05, 0.1) is 18.5 Å². The van der Waals surface area contributed by atoms with Gasteiger partial charge in [-0.3, -0.25) is 4.72 Å². The first-order valence-corrected chi connectivity index (χ1v) is 8.54. The normalized spacial score (nSPS) is 11.1. The van der Waals surface area contributed by atoms with Crippen LogP contribution in [0, 0.1) is 0 Å². The van der Waals surface area contributed by atoms with Gasteiger partial charge in [-0.05, 0) is 52.3 Å². The number of benzene rings is 1. The molecule has 0 saturated carbocycles. The Labute approximate surface area is 126 Å². The van der Waals surface area contributed by atoms with Crippen molar-refractivity contribution < 1.29 is 8.42 Å². The Morgan fingerprint density at radius 2 is 1.75 bits per heavy atom. The second-order valence-electron chi connectivity index (χ2n) is 4.26. The van der Waals surface area contributed by atoms with E-state index in [0.717, 1.165) is 22.2 Å². The number of hydrogen-bond donors (Lipinski definition) is 2. The summed E-state index contributed by atoms with van der Waals surface area (Å²) in [6.45, 7) is 0.596. The minimum atomic E-state index is -3.24. The summed E-state index contributed by atoms with van der Waals surface area (Å²) in [7, 11) is -3.24. The van der Waals surface area contributed by atoms with E-state index in [1.807, 2.05) is 30.3 Å². The van der Waals surface area contributed by atoms with Crippen molar-refractivity contribution in [1.29, 1.82) is 0 Å². The van der Waals surface area contributed by atoms with Gasteiger partial charge in [0.15, 0.2) is 0 Å². The van der Waals surface area contributed by atoms with Crippen LogP contribution in [0.3, 0.4) is 0 Å². The lowest BCUT2D eigenvalue weighted by molar-refractivity contribution is 0.607. The van der Waals surface area contributed by atoms with Gasteiger partial charge < -0.3 is 5.32 Å². The van der Waals surface area contributed by atoms with E-state index in [0.29, 0.717) is 12.2 Å². The zero-order valence-corrected chi connectivity index (χ0v) is 13.2. The first-order chi connectivity index (χ1) is 9.42. The summed E-state index contributed by atoms with van der Waals surface area (Å²) in [5.41, 5.74) is 2.35. The van der Waals surface area contributed by atoms with E-state index < -0.39 is 10.0 Å². The summed E-state index contributed by atoms with van der Waals surface area (Å²) in [6.07, 6.45) is 1.12. The highest BCUT2D eigenvalue weighted by Crippen LogP contribution is 2.15. The lowest BCUT2D eigenvalue weighted by Crippen LogP contribution is -2.09. The molecule has 0 atom stereocenters. The summed E-state index contributed by atoms with van der Waals surface area (Å²) in [5, 5.41) is 3.22. The number of nitrogens with one attached hydrogen (secondary N) is 2. The van der Waals surface area contributed by atoms with Crippen LogP contribution in [0.5, 0.6) is 0 Å². The fourth-order valence-corrected chi connectivity index (χ4v) is 2.56. The Kier molecular flexibility index (Phi) is 4.61. The molecule has 0 bridgehead atoms. The molecule has 0 unspecified atom stereocenters. The Hall–Kier alpha value is -1.60. The standard InChI is InChI=1S/C13H14BrN3O2S/c1-20(18,19)17-11-7-5-10(6-8-11)15-9-12-3-2-4-13(14)16-12/h2-8,15,17H,9H2,1H3. The van der Waals surface area contributed by atoms with Gasteiger partial charge in [-0.1, -0.05) is 6.07 Å². The monoisotopic (exact) mass is 355 g/mol. The Bertz CT molecular complexity index is 687. The fourth-order valence-electron chi connectivity index (χ4n) is 1.61. The molecule has 0 aliphatic heterocycles. The van der Waals surface area contributed by atoms with Gasteiger partial charge in [0.25, 0.3) is 0 Å². The lowest BCUT2D eigenvalue weighted by atomic mass is 10.3. The Morgan fingerprint density at radius 1 is 1.10 bits per heavy atom. The molecule has 106 valence electrons. The van der Waals surface area contributed by atoms with Gasteiger partial charge in [-0.2, -0.15) is 0 Å². The van der Waals surface area contributed by atoms with Crippen molar-refractivity contribution in [2.45, 2.75) is 6.54 Å². The molecule has 0 aliphatic carbocycles. The maximum atomic E-state index is 11.1. The van der Waals surface area contributed by atoms with Crippen molar-refractivity contribution in [1.82, 2.24) is 4.98 Å². The molecule has 0 fully saturated rings. The first-order valence-electron chi connectivity index (χ1n) is 5.85. The topological polar surface area (TPSA) is 71.1 Å². The molecule has 1 aromatic carbocycles. The molecule has 2 rings (SSSR count). The molecule has 0 spiro atoms. The number of hydrogen-bond acceptors (Lipinski definition) is 4. The van der Waals surface area contributed by atoms with Crippen LogP contribution in [0.2, 0.25) is 0 Å². The van der Waals surface area contributed by atoms with Crippen LogP contribution < -0.4 is 10.0 Å². The molecule has 5 nitrogen and oxygen atoms in total. The SMILES string of the molecule is CS(=O)(=O)Nc1ccc(NCc2cccc(Br)n2)cc1. The first kappa shape index (κ1) is 14.8. The van der Waals surface area contributed by atoms with Crippen LogP contribution in [0.1, 0.15) is 5.69 Å². The van der Waals surface area contributed by atoms with Crippen LogP contribution in [0.25, 0.3) is 0 Å². The highest BCUT2D eigenvalue weighted by atomic mass is 79.9. The van der Waals surface area contributed by atoms with Crippen LogP contribution >= 0.6 is 15.9 Å². The number of anilines is 2. The summed E-state index contributed by atoms with van der Waals surface area (Å²) in [6, 6.07) is 12.8. The number of pyridine rings is 1. The van der Waals surface area contributed by atoms with Gasteiger partial charge in [0.2, 0.25) is 10.0 Å². The Balaban J connectivity index is 1.97. The predicted octanol–water partition coefficient (Wildman–Crippen LogP) is 2.83. The number of sulfonamides is 1. The molecule has 20 heavy (non-hydrogen) atoms.